The predicted octanol–water partition coefficient (Wildman–Crippen LogP) is -2.04. The molecule has 24 nitrogen and oxygen atoms in total. The fourth-order valence-corrected chi connectivity index (χ4v) is 10.4. The summed E-state index contributed by atoms with van der Waals surface area (Å²) in [5.41, 5.74) is 11.5. The molecule has 3 fully saturated rings. The fourth-order valence-electron chi connectivity index (χ4n) is 10.4. The van der Waals surface area contributed by atoms with Crippen molar-refractivity contribution in [1.29, 1.82) is 0 Å². The normalized spacial score (nSPS) is 28.3. The molecule has 0 spiro atoms. The van der Waals surface area contributed by atoms with E-state index < -0.39 is 146 Å². The summed E-state index contributed by atoms with van der Waals surface area (Å²) in [7, 11) is 0. The molecule has 0 aromatic heterocycles. The summed E-state index contributed by atoms with van der Waals surface area (Å²) in [6, 6.07) is -5.54. The molecule has 0 radical (unpaired) electrons. The monoisotopic (exact) mass is 1090 g/mol. The number of hydrogen-bond donors (Lipinski definition) is 15. The summed E-state index contributed by atoms with van der Waals surface area (Å²) in [6.07, 6.45) is -4.48. The number of rotatable bonds is 23. The molecule has 3 heterocycles. The number of nitrogens with zero attached hydrogens (tertiary/aromatic N) is 2. The summed E-state index contributed by atoms with van der Waals surface area (Å²) >= 11 is 0. The lowest BCUT2D eigenvalue weighted by Crippen LogP contribution is -2.65. The van der Waals surface area contributed by atoms with Crippen molar-refractivity contribution < 1.29 is 69.3 Å². The van der Waals surface area contributed by atoms with E-state index in [0.29, 0.717) is 18.3 Å². The van der Waals surface area contributed by atoms with Crippen molar-refractivity contribution in [2.75, 3.05) is 32.7 Å². The number of aromatic hydroxyl groups is 1. The molecule has 3 aliphatic rings. The van der Waals surface area contributed by atoms with Crippen molar-refractivity contribution in [2.24, 2.45) is 29.2 Å². The molecule has 77 heavy (non-hydrogen) atoms. The number of unbranched alkanes of at least 4 members (excludes halogenated alkanes) is 5. The lowest BCUT2D eigenvalue weighted by molar-refractivity contribution is -0.148. The second-order valence-corrected chi connectivity index (χ2v) is 21.8. The first-order chi connectivity index (χ1) is 36.5. The van der Waals surface area contributed by atoms with Crippen LogP contribution in [0.15, 0.2) is 24.3 Å². The van der Waals surface area contributed by atoms with Crippen molar-refractivity contribution in [1.82, 2.24) is 41.7 Å². The minimum absolute atomic E-state index is 0.00242. The van der Waals surface area contributed by atoms with Gasteiger partial charge < -0.3 is 83.6 Å². The minimum atomic E-state index is -2.24. The Morgan fingerprint density at radius 2 is 1.34 bits per heavy atom. The van der Waals surface area contributed by atoms with Crippen molar-refractivity contribution in [3.8, 4) is 5.75 Å². The largest absolute Gasteiger partial charge is 0.508 e. The number of carbonyl (C=O) groups excluding carboxylic acids is 7. The van der Waals surface area contributed by atoms with Gasteiger partial charge in [0.2, 0.25) is 41.4 Å². The van der Waals surface area contributed by atoms with Gasteiger partial charge in [-0.25, -0.2) is 0 Å². The number of phenolic OH excluding ortho intramolecular Hbond substituents is 1. The topological polar surface area (TPSA) is 392 Å². The Labute approximate surface area is 452 Å². The van der Waals surface area contributed by atoms with Crippen LogP contribution in [0.25, 0.3) is 0 Å². The Bertz CT molecular complexity index is 2070. The molecule has 7 amide bonds. The number of fused-ring (bicyclic) bond motifs is 2. The van der Waals surface area contributed by atoms with Gasteiger partial charge >= 0.3 is 0 Å². The number of phenols is 1. The molecule has 24 heteroatoms. The standard InChI is InChI=1S/C53H90N10O14/c1-6-30(4)25-31(5)13-11-9-7-8-10-12-14-40(69)57-35-27-39(68)47(56-23-22-55)61-51(75)44-38(67)20-24-62(44)53(77)42(37(66)19-21-54)59-50(74)43(46(71)45(70)32-15-17-33(64)18-16-32)60-49(73)36-26-34(65)28-63(36)52(76)41(29(2)3)58-48(35)72/h15-18,29-31,34-39,41-47,56,64-68,70-71H,6-14,19-28,54-55H2,1-5H3,(H,57,69)(H,58,72)(H,59,74)(H,60,73)(H,61,75)/t30?,31?,34-,35+,36?,37-,38+,39-,41?,42?,43?,44?,45+,46+,47+/m1/s1. The van der Waals surface area contributed by atoms with Gasteiger partial charge in [-0.3, -0.25) is 38.9 Å². The van der Waals surface area contributed by atoms with Crippen LogP contribution in [0, 0.1) is 17.8 Å². The first-order valence-electron chi connectivity index (χ1n) is 27.7. The number of aliphatic hydroxyl groups is 6. The molecule has 0 bridgehead atoms. The van der Waals surface area contributed by atoms with E-state index in [4.69, 9.17) is 11.5 Å². The molecule has 0 saturated carbocycles. The van der Waals surface area contributed by atoms with Crippen LogP contribution in [-0.4, -0.2) is 193 Å². The zero-order chi connectivity index (χ0) is 57.1. The molecule has 15 atom stereocenters. The molecule has 3 aliphatic heterocycles. The van der Waals surface area contributed by atoms with Crippen LogP contribution in [0.4, 0.5) is 0 Å². The molecular weight excluding hydrogens is 1000 g/mol. The lowest BCUT2D eigenvalue weighted by atomic mass is 9.91. The number of benzene rings is 1. The highest BCUT2D eigenvalue weighted by atomic mass is 16.3. The SMILES string of the molecule is CCC(C)CC(C)CCCCCCCCC(=O)N[C@H]1C[C@@H](O)[C@@H](NCCN)NC(=O)C2[C@@H](O)CCN2C(=O)C([C@H](O)CCN)NC(=O)C([C@H](O)[C@@H](O)c2ccc(O)cc2)NC(=O)C2C[C@@H](O)CN2C(=O)C(C(C)C)NC1=O. The third kappa shape index (κ3) is 18.8. The van der Waals surface area contributed by atoms with Crippen LogP contribution >= 0.6 is 0 Å². The van der Waals surface area contributed by atoms with Crippen LogP contribution < -0.4 is 43.4 Å². The summed E-state index contributed by atoms with van der Waals surface area (Å²) in [4.78, 5) is 103. The first kappa shape index (κ1) is 64.5. The number of nitrogens with two attached hydrogens (primary N) is 2. The van der Waals surface area contributed by atoms with E-state index in [1.54, 1.807) is 13.8 Å². The Balaban J connectivity index is 1.73. The van der Waals surface area contributed by atoms with E-state index in [1.165, 1.54) is 30.7 Å². The molecule has 4 rings (SSSR count). The molecule has 436 valence electrons. The fraction of sp³-hybridized carbons (Fsp3) is 0.755. The zero-order valence-corrected chi connectivity index (χ0v) is 45.5. The van der Waals surface area contributed by atoms with Gasteiger partial charge in [0.05, 0.1) is 24.4 Å². The van der Waals surface area contributed by atoms with E-state index >= 15 is 0 Å². The molecule has 7 unspecified atom stereocenters. The number of nitrogens with one attached hydrogen (secondary N) is 6. The maximum atomic E-state index is 14.6. The van der Waals surface area contributed by atoms with Gasteiger partial charge in [0, 0.05) is 45.4 Å². The predicted molar refractivity (Wildman–Crippen MR) is 283 cm³/mol. The maximum absolute atomic E-state index is 14.6. The van der Waals surface area contributed by atoms with E-state index in [1.807, 2.05) is 0 Å². The highest BCUT2D eigenvalue weighted by Crippen LogP contribution is 2.27. The minimum Gasteiger partial charge on any atom is -0.508 e. The average molecular weight is 1090 g/mol. The van der Waals surface area contributed by atoms with Gasteiger partial charge in [-0.1, -0.05) is 91.7 Å². The van der Waals surface area contributed by atoms with Crippen molar-refractivity contribution in [3.63, 3.8) is 0 Å². The molecule has 3 saturated heterocycles. The first-order valence-corrected chi connectivity index (χ1v) is 27.7. The third-order valence-electron chi connectivity index (χ3n) is 15.1. The molecular formula is C53H90N10O14. The van der Waals surface area contributed by atoms with Crippen LogP contribution in [0.2, 0.25) is 0 Å². The molecule has 0 aliphatic carbocycles. The second-order valence-electron chi connectivity index (χ2n) is 21.8. The summed E-state index contributed by atoms with van der Waals surface area (Å²) in [5, 5.41) is 94.1. The highest BCUT2D eigenvalue weighted by Gasteiger charge is 2.49. The number of carbonyl (C=O) groups is 7. The molecule has 1 aromatic rings. The summed E-state index contributed by atoms with van der Waals surface area (Å²) < 4.78 is 0. The maximum Gasteiger partial charge on any atom is 0.248 e. The molecule has 17 N–H and O–H groups in total. The van der Waals surface area contributed by atoms with Gasteiger partial charge in [-0.15, -0.1) is 0 Å². The lowest BCUT2D eigenvalue weighted by Gasteiger charge is -2.35. The zero-order valence-electron chi connectivity index (χ0n) is 45.5. The van der Waals surface area contributed by atoms with E-state index in [9.17, 15) is 69.3 Å². The second kappa shape index (κ2) is 31.5. The van der Waals surface area contributed by atoms with E-state index in [0.717, 1.165) is 54.7 Å². The van der Waals surface area contributed by atoms with Crippen molar-refractivity contribution in [3.05, 3.63) is 29.8 Å². The number of aliphatic hydroxyl groups excluding tert-OH is 6. The van der Waals surface area contributed by atoms with Crippen LogP contribution in [0.3, 0.4) is 0 Å². The van der Waals surface area contributed by atoms with Gasteiger partial charge in [0.15, 0.2) is 0 Å². The van der Waals surface area contributed by atoms with E-state index in [-0.39, 0.29) is 56.8 Å². The molecule has 1 aromatic carbocycles. The highest BCUT2D eigenvalue weighted by molar-refractivity contribution is 5.98. The summed E-state index contributed by atoms with van der Waals surface area (Å²) in [5.74, 6) is -6.44. The Kier molecular flexibility index (Phi) is 26.4. The van der Waals surface area contributed by atoms with Crippen LogP contribution in [0.5, 0.6) is 5.75 Å². The van der Waals surface area contributed by atoms with E-state index in [2.05, 4.69) is 52.7 Å². The van der Waals surface area contributed by atoms with Gasteiger partial charge in [-0.05, 0) is 67.7 Å². The Hall–Kier alpha value is -5.05. The summed E-state index contributed by atoms with van der Waals surface area (Å²) in [6.45, 7) is 9.02. The smallest absolute Gasteiger partial charge is 0.248 e. The van der Waals surface area contributed by atoms with Crippen molar-refractivity contribution >= 4 is 41.4 Å². The quantitative estimate of drug-likeness (QED) is 0.0525. The van der Waals surface area contributed by atoms with Crippen LogP contribution in [-0.2, 0) is 33.6 Å². The third-order valence-corrected chi connectivity index (χ3v) is 15.1. The number of amides is 7. The average Bonchev–Trinajstić information content (AvgIpc) is 3.99. The van der Waals surface area contributed by atoms with Gasteiger partial charge in [0.1, 0.15) is 60.4 Å². The van der Waals surface area contributed by atoms with Crippen LogP contribution in [0.1, 0.15) is 136 Å². The Morgan fingerprint density at radius 1 is 0.714 bits per heavy atom. The van der Waals surface area contributed by atoms with Gasteiger partial charge in [0.25, 0.3) is 0 Å². The Morgan fingerprint density at radius 3 is 1.97 bits per heavy atom. The van der Waals surface area contributed by atoms with Gasteiger partial charge in [-0.2, -0.15) is 0 Å². The number of hydrogen-bond acceptors (Lipinski definition) is 17. The van der Waals surface area contributed by atoms with Crippen molar-refractivity contribution in [2.45, 2.75) is 204 Å².